The molecule has 2 aromatic rings. The first kappa shape index (κ1) is 13.9. The summed E-state index contributed by atoms with van der Waals surface area (Å²) in [6.45, 7) is 2.00. The zero-order valence-electron chi connectivity index (χ0n) is 9.71. The predicted octanol–water partition coefficient (Wildman–Crippen LogP) is 6.10. The van der Waals surface area contributed by atoms with Gasteiger partial charge in [-0.25, -0.2) is 0 Å². The SMILES string of the molecule is Cc1ccc(Oc2ccc(CBr)cc2Br)c(Cl)c1. The first-order valence-electron chi connectivity index (χ1n) is 5.38. The molecule has 0 heterocycles. The lowest BCUT2D eigenvalue weighted by Crippen LogP contribution is -1.88. The van der Waals surface area contributed by atoms with E-state index >= 15 is 0 Å². The number of ether oxygens (including phenoxy) is 1. The van der Waals surface area contributed by atoms with E-state index < -0.39 is 0 Å². The van der Waals surface area contributed by atoms with Crippen LogP contribution in [0.4, 0.5) is 0 Å². The third-order valence-electron chi connectivity index (χ3n) is 2.46. The molecule has 18 heavy (non-hydrogen) atoms. The Hall–Kier alpha value is -0.510. The van der Waals surface area contributed by atoms with Gasteiger partial charge in [0.1, 0.15) is 11.5 Å². The predicted molar refractivity (Wildman–Crippen MR) is 83.0 cm³/mol. The van der Waals surface area contributed by atoms with Gasteiger partial charge in [0.2, 0.25) is 0 Å². The molecule has 0 unspecified atom stereocenters. The van der Waals surface area contributed by atoms with Gasteiger partial charge in [-0.2, -0.15) is 0 Å². The molecule has 4 heteroatoms. The number of benzene rings is 2. The van der Waals surface area contributed by atoms with Crippen molar-refractivity contribution in [1.82, 2.24) is 0 Å². The van der Waals surface area contributed by atoms with Crippen molar-refractivity contribution in [2.75, 3.05) is 0 Å². The molecule has 0 fully saturated rings. The normalized spacial score (nSPS) is 10.4. The van der Waals surface area contributed by atoms with Gasteiger partial charge in [0.15, 0.2) is 0 Å². The highest BCUT2D eigenvalue weighted by Crippen LogP contribution is 2.34. The van der Waals surface area contributed by atoms with E-state index in [1.165, 1.54) is 5.56 Å². The fourth-order valence-electron chi connectivity index (χ4n) is 1.52. The van der Waals surface area contributed by atoms with Gasteiger partial charge in [-0.05, 0) is 58.2 Å². The Bertz CT molecular complexity index is 570. The molecule has 94 valence electrons. The largest absolute Gasteiger partial charge is 0.455 e. The van der Waals surface area contributed by atoms with Crippen molar-refractivity contribution in [2.45, 2.75) is 12.3 Å². The molecule has 2 aromatic carbocycles. The zero-order valence-corrected chi connectivity index (χ0v) is 13.6. The lowest BCUT2D eigenvalue weighted by molar-refractivity contribution is 0.479. The fraction of sp³-hybridized carbons (Fsp3) is 0.143. The van der Waals surface area contributed by atoms with Gasteiger partial charge in [-0.15, -0.1) is 0 Å². The van der Waals surface area contributed by atoms with Crippen LogP contribution in [-0.2, 0) is 5.33 Å². The number of aryl methyl sites for hydroxylation is 1. The highest BCUT2D eigenvalue weighted by Gasteiger charge is 2.07. The van der Waals surface area contributed by atoms with Gasteiger partial charge < -0.3 is 4.74 Å². The van der Waals surface area contributed by atoms with Crippen LogP contribution in [0.3, 0.4) is 0 Å². The van der Waals surface area contributed by atoms with E-state index in [2.05, 4.69) is 31.9 Å². The third kappa shape index (κ3) is 3.28. The van der Waals surface area contributed by atoms with Crippen molar-refractivity contribution in [3.8, 4) is 11.5 Å². The van der Waals surface area contributed by atoms with E-state index in [9.17, 15) is 0 Å². The van der Waals surface area contributed by atoms with E-state index in [4.69, 9.17) is 16.3 Å². The number of halogens is 3. The second-order valence-corrected chi connectivity index (χ2v) is 5.76. The number of hydrogen-bond acceptors (Lipinski definition) is 1. The molecule has 0 aliphatic rings. The summed E-state index contributed by atoms with van der Waals surface area (Å²) in [6.07, 6.45) is 0. The summed E-state index contributed by atoms with van der Waals surface area (Å²) >= 11 is 13.1. The molecule has 0 radical (unpaired) electrons. The van der Waals surface area contributed by atoms with E-state index in [1.807, 2.05) is 43.3 Å². The second-order valence-electron chi connectivity index (χ2n) is 3.93. The highest BCUT2D eigenvalue weighted by molar-refractivity contribution is 9.10. The quantitative estimate of drug-likeness (QED) is 0.576. The van der Waals surface area contributed by atoms with Crippen LogP contribution in [-0.4, -0.2) is 0 Å². The molecule has 0 atom stereocenters. The van der Waals surface area contributed by atoms with Gasteiger partial charge in [0, 0.05) is 5.33 Å². The minimum absolute atomic E-state index is 0.617. The topological polar surface area (TPSA) is 9.23 Å². The van der Waals surface area contributed by atoms with E-state index in [1.54, 1.807) is 0 Å². The molecule has 2 rings (SSSR count). The molecule has 0 bridgehead atoms. The number of rotatable bonds is 3. The molecular weight excluding hydrogens is 379 g/mol. The van der Waals surface area contributed by atoms with Crippen LogP contribution in [0.2, 0.25) is 5.02 Å². The van der Waals surface area contributed by atoms with E-state index in [0.29, 0.717) is 10.8 Å². The first-order valence-corrected chi connectivity index (χ1v) is 7.68. The average Bonchev–Trinajstić information content (AvgIpc) is 2.34. The molecule has 0 saturated carbocycles. The summed E-state index contributed by atoms with van der Waals surface area (Å²) in [6, 6.07) is 11.7. The molecule has 0 spiro atoms. The lowest BCUT2D eigenvalue weighted by Gasteiger charge is -2.10. The molecule has 0 saturated heterocycles. The van der Waals surface area contributed by atoms with Crippen LogP contribution >= 0.6 is 43.5 Å². The van der Waals surface area contributed by atoms with Gasteiger partial charge in [-0.3, -0.25) is 0 Å². The van der Waals surface area contributed by atoms with Crippen molar-refractivity contribution in [2.24, 2.45) is 0 Å². The highest BCUT2D eigenvalue weighted by atomic mass is 79.9. The monoisotopic (exact) mass is 388 g/mol. The summed E-state index contributed by atoms with van der Waals surface area (Å²) in [4.78, 5) is 0. The second kappa shape index (κ2) is 6.09. The summed E-state index contributed by atoms with van der Waals surface area (Å²) in [5, 5.41) is 1.43. The van der Waals surface area contributed by atoms with Gasteiger partial charge in [0.25, 0.3) is 0 Å². The number of hydrogen-bond donors (Lipinski definition) is 0. The summed E-state index contributed by atoms with van der Waals surface area (Å²) < 4.78 is 6.71. The van der Waals surface area contributed by atoms with Crippen molar-refractivity contribution in [3.63, 3.8) is 0 Å². The molecule has 0 amide bonds. The Labute approximate surface area is 128 Å². The molecular formula is C14H11Br2ClO. The van der Waals surface area contributed by atoms with E-state index in [0.717, 1.165) is 21.1 Å². The first-order chi connectivity index (χ1) is 8.60. The standard InChI is InChI=1S/C14H11Br2ClO/c1-9-2-4-14(12(17)6-9)18-13-5-3-10(8-15)7-11(13)16/h2-7H,8H2,1H3. The maximum Gasteiger partial charge on any atom is 0.146 e. The summed E-state index contributed by atoms with van der Waals surface area (Å²) in [7, 11) is 0. The van der Waals surface area contributed by atoms with Crippen molar-refractivity contribution < 1.29 is 4.74 Å². The molecule has 0 aliphatic carbocycles. The van der Waals surface area contributed by atoms with Gasteiger partial charge in [-0.1, -0.05) is 39.7 Å². The minimum atomic E-state index is 0.617. The lowest BCUT2D eigenvalue weighted by atomic mass is 10.2. The maximum absolute atomic E-state index is 6.14. The van der Waals surface area contributed by atoms with Crippen LogP contribution in [0.5, 0.6) is 11.5 Å². The van der Waals surface area contributed by atoms with Crippen molar-refractivity contribution in [3.05, 3.63) is 57.0 Å². The smallest absolute Gasteiger partial charge is 0.146 e. The van der Waals surface area contributed by atoms with E-state index in [-0.39, 0.29) is 0 Å². The molecule has 1 nitrogen and oxygen atoms in total. The van der Waals surface area contributed by atoms with Crippen LogP contribution < -0.4 is 4.74 Å². The Morgan fingerprint density at radius 2 is 1.83 bits per heavy atom. The Kier molecular flexibility index (Phi) is 4.71. The Morgan fingerprint density at radius 1 is 1.11 bits per heavy atom. The summed E-state index contributed by atoms with van der Waals surface area (Å²) in [5.74, 6) is 1.42. The van der Waals surface area contributed by atoms with Crippen LogP contribution in [0.15, 0.2) is 40.9 Å². The fourth-order valence-corrected chi connectivity index (χ4v) is 2.65. The average molecular weight is 391 g/mol. The van der Waals surface area contributed by atoms with Crippen molar-refractivity contribution >= 4 is 43.5 Å². The van der Waals surface area contributed by atoms with Crippen LogP contribution in [0, 0.1) is 6.92 Å². The Morgan fingerprint density at radius 3 is 2.44 bits per heavy atom. The molecule has 0 aromatic heterocycles. The van der Waals surface area contributed by atoms with Crippen molar-refractivity contribution in [1.29, 1.82) is 0 Å². The minimum Gasteiger partial charge on any atom is -0.455 e. The van der Waals surface area contributed by atoms with Gasteiger partial charge >= 0.3 is 0 Å². The Balaban J connectivity index is 2.28. The van der Waals surface area contributed by atoms with Gasteiger partial charge in [0.05, 0.1) is 9.50 Å². The van der Waals surface area contributed by atoms with Crippen LogP contribution in [0.25, 0.3) is 0 Å². The van der Waals surface area contributed by atoms with Crippen LogP contribution in [0.1, 0.15) is 11.1 Å². The zero-order chi connectivity index (χ0) is 13.1. The molecule has 0 N–H and O–H groups in total. The third-order valence-corrected chi connectivity index (χ3v) is 4.02. The summed E-state index contributed by atoms with van der Waals surface area (Å²) in [5.41, 5.74) is 2.30. The maximum atomic E-state index is 6.14. The molecule has 0 aliphatic heterocycles. The number of alkyl halides is 1.